The fourth-order valence-electron chi connectivity index (χ4n) is 6.83. The van der Waals surface area contributed by atoms with Crippen molar-refractivity contribution in [1.29, 1.82) is 0 Å². The summed E-state index contributed by atoms with van der Waals surface area (Å²) in [6.45, 7) is 0. The molecular formula is C45H27N5O. The molecule has 4 aromatic heterocycles. The maximum atomic E-state index is 9.03. The Morgan fingerprint density at radius 2 is 0.941 bits per heavy atom. The molecule has 0 N–H and O–H groups in total. The Labute approximate surface area is 308 Å². The SMILES string of the molecule is [2H]c1cc([2H])c2c(c1[2H])c1c([2H])c([2H])cc([2H])c1n2-c1ccc(-c2nc(-c3ccc4c(c3)oc3ccccc34)nc(-n3c4c([2H])cc([2H])c([2H])c4c4c([2H])c([2H])cc([2H])c43)n2)cc1. The predicted molar refractivity (Wildman–Crippen MR) is 207 cm³/mol. The molecule has 0 unspecified atom stereocenters. The van der Waals surface area contributed by atoms with E-state index in [0.717, 1.165) is 10.8 Å². The van der Waals surface area contributed by atoms with E-state index in [1.165, 1.54) is 28.8 Å². The van der Waals surface area contributed by atoms with Crippen molar-refractivity contribution >= 4 is 65.6 Å². The number of fused-ring (bicyclic) bond motifs is 9. The molecule has 0 bridgehead atoms. The van der Waals surface area contributed by atoms with E-state index in [1.807, 2.05) is 36.4 Å². The summed E-state index contributed by atoms with van der Waals surface area (Å²) in [5.74, 6) is 0.239. The minimum absolute atomic E-state index is 0.0436. The average molecular weight is 666 g/mol. The lowest BCUT2D eigenvalue weighted by Gasteiger charge is -2.12. The van der Waals surface area contributed by atoms with Gasteiger partial charge in [0.15, 0.2) is 11.6 Å². The molecule has 11 rings (SSSR count). The smallest absolute Gasteiger partial charge is 0.238 e. The van der Waals surface area contributed by atoms with Crippen molar-refractivity contribution in [3.05, 3.63) is 164 Å². The molecule has 0 aliphatic carbocycles. The van der Waals surface area contributed by atoms with Gasteiger partial charge in [0, 0.05) is 49.1 Å². The number of para-hydroxylation sites is 5. The Hall–Kier alpha value is -7.05. The van der Waals surface area contributed by atoms with Gasteiger partial charge in [-0.1, -0.05) is 96.9 Å². The second-order valence-electron chi connectivity index (χ2n) is 11.9. The molecule has 0 saturated heterocycles. The number of nitrogens with zero attached hydrogens (tertiary/aromatic N) is 5. The molecule has 0 amide bonds. The zero-order valence-electron chi connectivity index (χ0n) is 38.3. The zero-order valence-corrected chi connectivity index (χ0v) is 26.3. The highest BCUT2D eigenvalue weighted by Gasteiger charge is 2.19. The Morgan fingerprint density at radius 1 is 0.431 bits per heavy atom. The maximum Gasteiger partial charge on any atom is 0.238 e. The van der Waals surface area contributed by atoms with Crippen LogP contribution >= 0.6 is 0 Å². The summed E-state index contributed by atoms with van der Waals surface area (Å²) in [4.78, 5) is 14.7. The van der Waals surface area contributed by atoms with Crippen molar-refractivity contribution in [2.45, 2.75) is 0 Å². The second-order valence-corrected chi connectivity index (χ2v) is 11.9. The lowest BCUT2D eigenvalue weighted by atomic mass is 10.1. The predicted octanol–water partition coefficient (Wildman–Crippen LogP) is 11.3. The number of benzene rings is 7. The lowest BCUT2D eigenvalue weighted by molar-refractivity contribution is 0.669. The molecule has 0 radical (unpaired) electrons. The summed E-state index contributed by atoms with van der Waals surface area (Å²) >= 11 is 0. The summed E-state index contributed by atoms with van der Waals surface area (Å²) in [7, 11) is 0. The summed E-state index contributed by atoms with van der Waals surface area (Å²) in [5, 5.41) is 2.13. The van der Waals surface area contributed by atoms with Crippen molar-refractivity contribution in [3.8, 4) is 34.4 Å². The third kappa shape index (κ3) is 4.20. The van der Waals surface area contributed by atoms with Crippen LogP contribution in [0, 0.1) is 0 Å². The molecule has 0 saturated carbocycles. The van der Waals surface area contributed by atoms with Gasteiger partial charge in [-0.15, -0.1) is 0 Å². The number of hydrogen-bond donors (Lipinski definition) is 0. The first-order valence-electron chi connectivity index (χ1n) is 22.0. The largest absolute Gasteiger partial charge is 0.456 e. The summed E-state index contributed by atoms with van der Waals surface area (Å²) < 4.78 is 114. The molecule has 0 aliphatic heterocycles. The minimum atomic E-state index is -0.284. The van der Waals surface area contributed by atoms with Crippen molar-refractivity contribution < 1.29 is 20.9 Å². The first-order chi connectivity index (χ1) is 30.2. The summed E-state index contributed by atoms with van der Waals surface area (Å²) in [5.41, 5.74) is 3.24. The van der Waals surface area contributed by atoms with Crippen LogP contribution in [0.1, 0.15) is 16.4 Å². The molecule has 0 spiro atoms. The van der Waals surface area contributed by atoms with Gasteiger partial charge in [0.2, 0.25) is 5.95 Å². The van der Waals surface area contributed by atoms with Crippen molar-refractivity contribution in [1.82, 2.24) is 24.1 Å². The van der Waals surface area contributed by atoms with Gasteiger partial charge in [-0.25, -0.2) is 4.98 Å². The van der Waals surface area contributed by atoms with Gasteiger partial charge in [-0.2, -0.15) is 9.97 Å². The van der Waals surface area contributed by atoms with Gasteiger partial charge in [0.05, 0.1) is 38.5 Å². The van der Waals surface area contributed by atoms with E-state index in [1.54, 1.807) is 34.9 Å². The van der Waals surface area contributed by atoms with Crippen LogP contribution in [0.4, 0.5) is 0 Å². The van der Waals surface area contributed by atoms with Gasteiger partial charge >= 0.3 is 0 Å². The first kappa shape index (κ1) is 18.6. The Kier molecular flexibility index (Phi) is 3.92. The molecule has 51 heavy (non-hydrogen) atoms. The van der Waals surface area contributed by atoms with Crippen LogP contribution in [0.15, 0.2) is 168 Å². The zero-order chi connectivity index (χ0) is 43.9. The van der Waals surface area contributed by atoms with Crippen LogP contribution in [0.3, 0.4) is 0 Å². The van der Waals surface area contributed by atoms with Crippen molar-refractivity contribution in [2.24, 2.45) is 0 Å². The molecule has 7 aromatic carbocycles. The van der Waals surface area contributed by atoms with E-state index >= 15 is 0 Å². The molecule has 0 atom stereocenters. The van der Waals surface area contributed by atoms with Gasteiger partial charge in [0.25, 0.3) is 0 Å². The number of hydrogen-bond acceptors (Lipinski definition) is 4. The van der Waals surface area contributed by atoms with E-state index in [0.29, 0.717) is 28.0 Å². The van der Waals surface area contributed by atoms with Gasteiger partial charge in [0.1, 0.15) is 11.2 Å². The molecule has 238 valence electrons. The van der Waals surface area contributed by atoms with E-state index in [4.69, 9.17) is 35.8 Å². The van der Waals surface area contributed by atoms with Crippen LogP contribution in [0.5, 0.6) is 0 Å². The Bertz CT molecular complexity index is 3700. The second kappa shape index (κ2) is 10.7. The molecule has 4 heterocycles. The fourth-order valence-corrected chi connectivity index (χ4v) is 6.83. The first-order valence-corrected chi connectivity index (χ1v) is 16.0. The quantitative estimate of drug-likeness (QED) is 0.188. The van der Waals surface area contributed by atoms with Gasteiger partial charge < -0.3 is 8.98 Å². The van der Waals surface area contributed by atoms with Crippen LogP contribution < -0.4 is 0 Å². The highest BCUT2D eigenvalue weighted by molar-refractivity contribution is 6.10. The Morgan fingerprint density at radius 3 is 1.55 bits per heavy atom. The lowest BCUT2D eigenvalue weighted by Crippen LogP contribution is -2.06. The van der Waals surface area contributed by atoms with E-state index < -0.39 is 0 Å². The average Bonchev–Trinajstić information content (AvgIpc) is 3.95. The summed E-state index contributed by atoms with van der Waals surface area (Å²) in [6, 6.07) is 22.3. The topological polar surface area (TPSA) is 61.7 Å². The molecule has 6 heteroatoms. The highest BCUT2D eigenvalue weighted by atomic mass is 16.3. The Balaban J connectivity index is 1.18. The van der Waals surface area contributed by atoms with Crippen molar-refractivity contribution in [2.75, 3.05) is 0 Å². The van der Waals surface area contributed by atoms with Gasteiger partial charge in [-0.05, 0) is 66.6 Å². The van der Waals surface area contributed by atoms with Crippen LogP contribution in [-0.4, -0.2) is 24.1 Å². The van der Waals surface area contributed by atoms with Gasteiger partial charge in [-0.3, -0.25) is 4.57 Å². The molecule has 0 fully saturated rings. The normalized spacial score (nSPS) is 15.2. The number of aromatic nitrogens is 5. The highest BCUT2D eigenvalue weighted by Crippen LogP contribution is 2.36. The fraction of sp³-hybridized carbons (Fsp3) is 0. The van der Waals surface area contributed by atoms with E-state index in [2.05, 4.69) is 0 Å². The monoisotopic (exact) mass is 665 g/mol. The minimum Gasteiger partial charge on any atom is -0.456 e. The molecule has 0 aliphatic rings. The van der Waals surface area contributed by atoms with E-state index in [-0.39, 0.29) is 134 Å². The summed E-state index contributed by atoms with van der Waals surface area (Å²) in [6.07, 6.45) is 0. The third-order valence-corrected chi connectivity index (χ3v) is 9.10. The number of furan rings is 1. The van der Waals surface area contributed by atoms with Crippen LogP contribution in [0.25, 0.3) is 100.0 Å². The number of rotatable bonds is 4. The van der Waals surface area contributed by atoms with E-state index in [9.17, 15) is 0 Å². The van der Waals surface area contributed by atoms with Crippen LogP contribution in [0.2, 0.25) is 0 Å². The van der Waals surface area contributed by atoms with Crippen LogP contribution in [-0.2, 0) is 0 Å². The molecular weight excluding hydrogens is 627 g/mol. The molecule has 11 aromatic rings. The van der Waals surface area contributed by atoms with Crippen molar-refractivity contribution in [3.63, 3.8) is 0 Å². The molecule has 6 nitrogen and oxygen atoms in total. The third-order valence-electron chi connectivity index (χ3n) is 9.10. The standard InChI is InChI=1S/C45H27N5O/c1-6-16-37-31(11-1)32-12-2-7-17-38(32)49(37)30-24-21-28(22-25-30)43-46-44(29-23-26-36-35-15-5-10-20-41(35)51-42(36)27-29)48-45(47-43)50-39-18-8-3-13-33(39)34-14-4-9-19-40(34)50/h1-27H/i1D,2D,3D,4D,11D,12D,13D,14D,16D,17D,18D,19D. The maximum absolute atomic E-state index is 9.03.